The Hall–Kier alpha value is -1.82. The number of anilines is 1. The Bertz CT molecular complexity index is 327. The minimum absolute atomic E-state index is 0.299. The second kappa shape index (κ2) is 4.43. The molecule has 1 unspecified atom stereocenters. The largest absolute Gasteiger partial charge is 0.465 e. The van der Waals surface area contributed by atoms with E-state index in [1.54, 1.807) is 12.1 Å². The van der Waals surface area contributed by atoms with Gasteiger partial charge in [0.2, 0.25) is 0 Å². The molecule has 0 spiro atoms. The molecule has 0 saturated carbocycles. The summed E-state index contributed by atoms with van der Waals surface area (Å²) < 4.78 is 4.93. The lowest BCUT2D eigenvalue weighted by Gasteiger charge is -2.08. The zero-order chi connectivity index (χ0) is 10.6. The minimum atomic E-state index is -0.944. The lowest BCUT2D eigenvalue weighted by molar-refractivity contribution is -0.445. The van der Waals surface area contributed by atoms with Gasteiger partial charge in [0, 0.05) is 6.07 Å². The molecule has 1 rings (SSSR count). The van der Waals surface area contributed by atoms with Gasteiger partial charge in [-0.3, -0.25) is 0 Å². The van der Waals surface area contributed by atoms with Crippen LogP contribution in [0.3, 0.4) is 0 Å². The molecule has 6 nitrogen and oxygen atoms in total. The maximum atomic E-state index is 10.1. The van der Waals surface area contributed by atoms with Crippen LogP contribution in [-0.2, 0) is 0 Å². The first kappa shape index (κ1) is 10.3. The van der Waals surface area contributed by atoms with Crippen molar-refractivity contribution >= 4 is 5.69 Å². The van der Waals surface area contributed by atoms with Crippen molar-refractivity contribution < 1.29 is 14.9 Å². The van der Waals surface area contributed by atoms with E-state index in [0.717, 1.165) is 0 Å². The highest BCUT2D eigenvalue weighted by Gasteiger charge is 2.02. The van der Waals surface area contributed by atoms with Gasteiger partial charge in [0.05, 0.1) is 0 Å². The molecular weight excluding hydrogens is 188 g/mol. The molecule has 1 aromatic rings. The number of nitrogens with one attached hydrogen (secondary N) is 1. The second-order valence-electron chi connectivity index (χ2n) is 2.61. The van der Waals surface area contributed by atoms with E-state index in [1.807, 2.05) is 5.43 Å². The Labute approximate surface area is 80.2 Å². The molecule has 6 heteroatoms. The molecular formula is C8H10N2O4. The quantitative estimate of drug-likeness (QED) is 0.428. The lowest BCUT2D eigenvalue weighted by atomic mass is 10.3. The van der Waals surface area contributed by atoms with Crippen LogP contribution in [0.2, 0.25) is 0 Å². The highest BCUT2D eigenvalue weighted by Crippen LogP contribution is 2.17. The van der Waals surface area contributed by atoms with Crippen LogP contribution in [-0.4, -0.2) is 16.4 Å². The summed E-state index contributed by atoms with van der Waals surface area (Å²) in [6.07, 6.45) is -0.944. The summed E-state index contributed by atoms with van der Waals surface area (Å²) in [4.78, 5) is 10.1. The average molecular weight is 198 g/mol. The molecule has 0 saturated heterocycles. The number of aliphatic hydroxyl groups excluding tert-OH is 1. The van der Waals surface area contributed by atoms with Gasteiger partial charge in [0.25, 0.3) is 0 Å². The van der Waals surface area contributed by atoms with Gasteiger partial charge in [0.15, 0.2) is 11.3 Å². The Balaban J connectivity index is 2.73. The van der Waals surface area contributed by atoms with Crippen LogP contribution >= 0.6 is 0 Å². The van der Waals surface area contributed by atoms with Crippen LogP contribution < -0.4 is 10.2 Å². The smallest absolute Gasteiger partial charge is 0.194 e. The van der Waals surface area contributed by atoms with Gasteiger partial charge < -0.3 is 9.84 Å². The summed E-state index contributed by atoms with van der Waals surface area (Å²) in [6, 6.07) is 6.13. The van der Waals surface area contributed by atoms with E-state index in [2.05, 4.69) is 0 Å². The van der Waals surface area contributed by atoms with Crippen LogP contribution in [0.5, 0.6) is 5.75 Å². The fraction of sp³-hybridized carbons (Fsp3) is 0.250. The van der Waals surface area contributed by atoms with Gasteiger partial charge in [0.1, 0.15) is 11.4 Å². The summed E-state index contributed by atoms with van der Waals surface area (Å²) in [5.74, 6) is 0.367. The van der Waals surface area contributed by atoms with E-state index < -0.39 is 11.3 Å². The summed E-state index contributed by atoms with van der Waals surface area (Å²) in [5, 5.41) is 18.3. The summed E-state index contributed by atoms with van der Waals surface area (Å²) >= 11 is 0. The van der Waals surface area contributed by atoms with Gasteiger partial charge in [-0.15, -0.1) is 5.43 Å². The average Bonchev–Trinajstić information content (AvgIpc) is 2.01. The first-order valence-corrected chi connectivity index (χ1v) is 3.94. The highest BCUT2D eigenvalue weighted by atomic mass is 16.7. The van der Waals surface area contributed by atoms with E-state index in [4.69, 9.17) is 9.84 Å². The van der Waals surface area contributed by atoms with Crippen LogP contribution in [0.4, 0.5) is 5.69 Å². The van der Waals surface area contributed by atoms with Gasteiger partial charge in [-0.25, -0.2) is 10.1 Å². The third-order valence-corrected chi connectivity index (χ3v) is 1.36. The Kier molecular flexibility index (Phi) is 3.24. The Morgan fingerprint density at radius 1 is 1.64 bits per heavy atom. The van der Waals surface area contributed by atoms with E-state index in [0.29, 0.717) is 11.4 Å². The van der Waals surface area contributed by atoms with Crippen molar-refractivity contribution in [2.75, 3.05) is 5.43 Å². The van der Waals surface area contributed by atoms with Gasteiger partial charge in [-0.2, -0.15) is 0 Å². The summed E-state index contributed by atoms with van der Waals surface area (Å²) in [5.41, 5.74) is 2.28. The molecule has 0 radical (unpaired) electrons. The monoisotopic (exact) mass is 198 g/mol. The third kappa shape index (κ3) is 3.28. The zero-order valence-electron chi connectivity index (χ0n) is 7.51. The zero-order valence-corrected chi connectivity index (χ0v) is 7.51. The van der Waals surface area contributed by atoms with Crippen molar-refractivity contribution in [2.45, 2.75) is 13.2 Å². The van der Waals surface area contributed by atoms with Gasteiger partial charge in [-0.1, -0.05) is 6.07 Å². The number of nitrogens with zero attached hydrogens (tertiary/aromatic N) is 1. The second-order valence-corrected chi connectivity index (χ2v) is 2.61. The molecule has 0 aromatic heterocycles. The maximum Gasteiger partial charge on any atom is 0.194 e. The van der Waals surface area contributed by atoms with Gasteiger partial charge in [-0.05, 0) is 19.1 Å². The van der Waals surface area contributed by atoms with E-state index in [-0.39, 0.29) is 0 Å². The number of benzene rings is 1. The van der Waals surface area contributed by atoms with Crippen LogP contribution in [0.25, 0.3) is 0 Å². The van der Waals surface area contributed by atoms with Crippen molar-refractivity contribution in [3.63, 3.8) is 0 Å². The molecule has 0 bridgehead atoms. The SMILES string of the molecule is CC(O)Oc1cccc(N[N+](=O)[O-])c1. The molecule has 76 valence electrons. The fourth-order valence-electron chi connectivity index (χ4n) is 0.941. The summed E-state index contributed by atoms with van der Waals surface area (Å²) in [6.45, 7) is 1.45. The van der Waals surface area contributed by atoms with Crippen molar-refractivity contribution in [2.24, 2.45) is 0 Å². The van der Waals surface area contributed by atoms with E-state index in [1.165, 1.54) is 19.1 Å². The first-order valence-electron chi connectivity index (χ1n) is 3.94. The third-order valence-electron chi connectivity index (χ3n) is 1.36. The predicted molar refractivity (Wildman–Crippen MR) is 49.4 cm³/mol. The standard InChI is InChI=1S/C8H10N2O4/c1-6(11)14-8-4-2-3-7(5-8)9-10(12)13/h2-6,9,11H,1H3. The van der Waals surface area contributed by atoms with Crippen LogP contribution in [0.1, 0.15) is 6.92 Å². The molecule has 0 fully saturated rings. The molecule has 0 aliphatic heterocycles. The highest BCUT2D eigenvalue weighted by molar-refractivity contribution is 5.46. The molecule has 0 amide bonds. The lowest BCUT2D eigenvalue weighted by Crippen LogP contribution is -2.11. The Morgan fingerprint density at radius 2 is 2.36 bits per heavy atom. The van der Waals surface area contributed by atoms with Crippen LogP contribution in [0, 0.1) is 10.1 Å². The number of ether oxygens (including phenoxy) is 1. The molecule has 1 atom stereocenters. The van der Waals surface area contributed by atoms with Crippen molar-refractivity contribution in [1.29, 1.82) is 0 Å². The van der Waals surface area contributed by atoms with Gasteiger partial charge >= 0.3 is 0 Å². The number of rotatable bonds is 4. The molecule has 1 aromatic carbocycles. The normalized spacial score (nSPS) is 11.9. The molecule has 0 heterocycles. The topological polar surface area (TPSA) is 84.6 Å². The number of hydrazine groups is 1. The number of aliphatic hydroxyl groups is 1. The van der Waals surface area contributed by atoms with E-state index >= 15 is 0 Å². The summed E-state index contributed by atoms with van der Waals surface area (Å²) in [7, 11) is 0. The number of nitro groups is 1. The minimum Gasteiger partial charge on any atom is -0.465 e. The molecule has 0 aliphatic carbocycles. The van der Waals surface area contributed by atoms with Crippen molar-refractivity contribution in [1.82, 2.24) is 0 Å². The fourth-order valence-corrected chi connectivity index (χ4v) is 0.941. The molecule has 14 heavy (non-hydrogen) atoms. The molecule has 0 aliphatic rings. The van der Waals surface area contributed by atoms with Crippen molar-refractivity contribution in [3.8, 4) is 5.75 Å². The predicted octanol–water partition coefficient (Wildman–Crippen LogP) is 1.01. The van der Waals surface area contributed by atoms with E-state index in [9.17, 15) is 10.1 Å². The Morgan fingerprint density at radius 3 is 2.93 bits per heavy atom. The van der Waals surface area contributed by atoms with Crippen molar-refractivity contribution in [3.05, 3.63) is 34.4 Å². The van der Waals surface area contributed by atoms with Crippen LogP contribution in [0.15, 0.2) is 24.3 Å². The maximum absolute atomic E-state index is 10.1. The number of hydrogen-bond acceptors (Lipinski definition) is 4. The molecule has 2 N–H and O–H groups in total. The number of hydrogen-bond donors (Lipinski definition) is 2. The first-order chi connectivity index (χ1) is 6.58.